The van der Waals surface area contributed by atoms with Gasteiger partial charge in [0, 0.05) is 21.2 Å². The second-order valence-corrected chi connectivity index (χ2v) is 10.7. The number of hydrogen-bond donors (Lipinski definition) is 1. The summed E-state index contributed by atoms with van der Waals surface area (Å²) in [6, 6.07) is 0. The average Bonchev–Trinajstić information content (AvgIpc) is 2.81. The molecule has 132 valence electrons. The van der Waals surface area contributed by atoms with Gasteiger partial charge in [0.05, 0.1) is 0 Å². The predicted molar refractivity (Wildman–Crippen MR) is 109 cm³/mol. The van der Waals surface area contributed by atoms with Crippen molar-refractivity contribution >= 4 is 24.4 Å². The van der Waals surface area contributed by atoms with Crippen molar-refractivity contribution in [2.45, 2.75) is 88.9 Å². The normalized spacial score (nSPS) is 47.6. The van der Waals surface area contributed by atoms with Crippen LogP contribution in [0, 0.1) is 41.4 Å². The third-order valence-corrected chi connectivity index (χ3v) is 10.4. The van der Waals surface area contributed by atoms with E-state index in [1.807, 2.05) is 6.92 Å². The molecule has 0 amide bonds. The first-order valence-electron chi connectivity index (χ1n) is 9.58. The van der Waals surface area contributed by atoms with Gasteiger partial charge in [-0.05, 0) is 49.4 Å². The van der Waals surface area contributed by atoms with Gasteiger partial charge >= 0.3 is 0 Å². The molecule has 2 aliphatic rings. The summed E-state index contributed by atoms with van der Waals surface area (Å²) in [6.07, 6.45) is 4.83. The van der Waals surface area contributed by atoms with Gasteiger partial charge in [0.25, 0.3) is 0 Å². The van der Waals surface area contributed by atoms with Crippen LogP contribution in [0.25, 0.3) is 0 Å². The fraction of sp³-hybridized carbons (Fsp3) is 0.905. The number of thiol groups is 1. The van der Waals surface area contributed by atoms with Gasteiger partial charge < -0.3 is 0 Å². The van der Waals surface area contributed by atoms with Gasteiger partial charge in [0.1, 0.15) is 0 Å². The first-order valence-corrected chi connectivity index (χ1v) is 10.9. The van der Waals surface area contributed by atoms with Crippen molar-refractivity contribution in [2.24, 2.45) is 29.6 Å². The highest BCUT2D eigenvalue weighted by Gasteiger charge is 2.66. The Morgan fingerprint density at radius 3 is 2.39 bits per heavy atom. The molecule has 2 rings (SSSR count). The molecule has 1 aliphatic heterocycles. The minimum absolute atomic E-state index is 0.162. The Morgan fingerprint density at radius 2 is 1.87 bits per heavy atom. The van der Waals surface area contributed by atoms with Crippen molar-refractivity contribution in [2.75, 3.05) is 0 Å². The van der Waals surface area contributed by atoms with Crippen molar-refractivity contribution in [1.29, 1.82) is 0 Å². The van der Waals surface area contributed by atoms with Crippen molar-refractivity contribution in [1.82, 2.24) is 0 Å². The predicted octanol–water partition coefficient (Wildman–Crippen LogP) is 6.31. The van der Waals surface area contributed by atoms with Crippen LogP contribution in [0.5, 0.6) is 0 Å². The third kappa shape index (κ3) is 2.89. The molecule has 8 unspecified atom stereocenters. The zero-order chi connectivity index (χ0) is 17.4. The van der Waals surface area contributed by atoms with Crippen LogP contribution in [0.4, 0.5) is 0 Å². The maximum Gasteiger partial charge on any atom is 0.0335 e. The van der Waals surface area contributed by atoms with E-state index in [0.29, 0.717) is 16.6 Å². The molecule has 1 aliphatic carbocycles. The van der Waals surface area contributed by atoms with E-state index in [0.717, 1.165) is 29.4 Å². The van der Waals surface area contributed by atoms with Gasteiger partial charge in [0.2, 0.25) is 0 Å². The lowest BCUT2D eigenvalue weighted by Crippen LogP contribution is -2.62. The maximum atomic E-state index is 5.44. The summed E-state index contributed by atoms with van der Waals surface area (Å²) < 4.78 is 0.495. The van der Waals surface area contributed by atoms with E-state index in [-0.39, 0.29) is 4.75 Å². The Kier molecular flexibility index (Phi) is 6.17. The highest BCUT2D eigenvalue weighted by molar-refractivity contribution is 8.02. The molecule has 8 atom stereocenters. The summed E-state index contributed by atoms with van der Waals surface area (Å²) >= 11 is 7.69. The number of thioether (sulfide) groups is 1. The Bertz CT molecular complexity index is 476. The van der Waals surface area contributed by atoms with Gasteiger partial charge in [-0.15, -0.1) is 11.8 Å². The Hall–Kier alpha value is 0.260. The standard InChI is InChI=1S/C21H36S2/c1-8-11-12-18-16(6)20(22)13-15(5)23-21(20,10-3)17(7)19(18)14(4)9-2/h14-19,22H,9-10,12-13H2,1-7H3. The van der Waals surface area contributed by atoms with Gasteiger partial charge in [-0.2, -0.15) is 24.4 Å². The molecule has 2 fully saturated rings. The number of fused-ring (bicyclic) bond motifs is 1. The summed E-state index contributed by atoms with van der Waals surface area (Å²) in [4.78, 5) is 0. The molecular weight excluding hydrogens is 316 g/mol. The SMILES string of the molecule is CC#CCC1C(C(C)CC)C(C)C2(CC)SC(C)CC2(S)C1C. The first-order chi connectivity index (χ1) is 10.8. The summed E-state index contributed by atoms with van der Waals surface area (Å²) in [5.41, 5.74) is 0. The van der Waals surface area contributed by atoms with Gasteiger partial charge in [0.15, 0.2) is 0 Å². The molecule has 0 aromatic carbocycles. The van der Waals surface area contributed by atoms with E-state index in [1.165, 1.54) is 19.3 Å². The topological polar surface area (TPSA) is 0 Å². The van der Waals surface area contributed by atoms with E-state index in [2.05, 4.69) is 65.1 Å². The minimum Gasteiger partial charge on any atom is -0.171 e. The van der Waals surface area contributed by atoms with Crippen LogP contribution in [0.15, 0.2) is 0 Å². The zero-order valence-corrected chi connectivity index (χ0v) is 17.9. The second-order valence-electron chi connectivity index (χ2n) is 8.13. The average molecular weight is 353 g/mol. The molecule has 0 radical (unpaired) electrons. The van der Waals surface area contributed by atoms with Crippen LogP contribution in [-0.4, -0.2) is 14.7 Å². The maximum absolute atomic E-state index is 5.44. The molecule has 1 saturated heterocycles. The molecule has 1 heterocycles. The van der Waals surface area contributed by atoms with Crippen LogP contribution < -0.4 is 0 Å². The lowest BCUT2D eigenvalue weighted by Gasteiger charge is -2.60. The molecule has 0 aromatic heterocycles. The van der Waals surface area contributed by atoms with E-state index in [1.54, 1.807) is 0 Å². The summed E-state index contributed by atoms with van der Waals surface area (Å²) in [7, 11) is 0. The van der Waals surface area contributed by atoms with Crippen molar-refractivity contribution in [3.63, 3.8) is 0 Å². The van der Waals surface area contributed by atoms with Crippen LogP contribution in [-0.2, 0) is 0 Å². The molecule has 23 heavy (non-hydrogen) atoms. The summed E-state index contributed by atoms with van der Waals surface area (Å²) in [5, 5.41) is 0.728. The lowest BCUT2D eigenvalue weighted by molar-refractivity contribution is 0.00842. The van der Waals surface area contributed by atoms with E-state index in [9.17, 15) is 0 Å². The number of rotatable bonds is 4. The smallest absolute Gasteiger partial charge is 0.0335 e. The largest absolute Gasteiger partial charge is 0.171 e. The molecular formula is C21H36S2. The minimum atomic E-state index is 0.162. The molecule has 0 spiro atoms. The first kappa shape index (κ1) is 19.6. The number of hydrogen-bond acceptors (Lipinski definition) is 2. The molecule has 0 bridgehead atoms. The van der Waals surface area contributed by atoms with Crippen molar-refractivity contribution in [3.05, 3.63) is 0 Å². The highest BCUT2D eigenvalue weighted by atomic mass is 32.2. The summed E-state index contributed by atoms with van der Waals surface area (Å²) in [5.74, 6) is 10.2. The van der Waals surface area contributed by atoms with Crippen molar-refractivity contribution < 1.29 is 0 Å². The molecule has 0 nitrogen and oxygen atoms in total. The van der Waals surface area contributed by atoms with E-state index in [4.69, 9.17) is 12.6 Å². The van der Waals surface area contributed by atoms with Crippen molar-refractivity contribution in [3.8, 4) is 11.8 Å². The van der Waals surface area contributed by atoms with Crippen LogP contribution in [0.3, 0.4) is 0 Å². The Morgan fingerprint density at radius 1 is 1.22 bits per heavy atom. The Balaban J connectivity index is 2.52. The van der Waals surface area contributed by atoms with Gasteiger partial charge in [-0.1, -0.05) is 48.0 Å². The highest BCUT2D eigenvalue weighted by Crippen LogP contribution is 2.69. The third-order valence-electron chi connectivity index (χ3n) is 7.29. The molecule has 0 N–H and O–H groups in total. The molecule has 0 aromatic rings. The van der Waals surface area contributed by atoms with E-state index >= 15 is 0 Å². The van der Waals surface area contributed by atoms with E-state index < -0.39 is 0 Å². The Labute approximate surface area is 154 Å². The van der Waals surface area contributed by atoms with Gasteiger partial charge in [-0.3, -0.25) is 0 Å². The lowest BCUT2D eigenvalue weighted by atomic mass is 9.52. The van der Waals surface area contributed by atoms with Crippen LogP contribution in [0.1, 0.15) is 74.1 Å². The quantitative estimate of drug-likeness (QED) is 0.457. The molecule has 2 heteroatoms. The van der Waals surface area contributed by atoms with Crippen LogP contribution in [0.2, 0.25) is 0 Å². The zero-order valence-electron chi connectivity index (χ0n) is 16.1. The monoisotopic (exact) mass is 352 g/mol. The fourth-order valence-electron chi connectivity index (χ4n) is 5.99. The second kappa shape index (κ2) is 7.25. The fourth-order valence-corrected chi connectivity index (χ4v) is 9.17. The van der Waals surface area contributed by atoms with Crippen LogP contribution >= 0.6 is 24.4 Å². The summed E-state index contributed by atoms with van der Waals surface area (Å²) in [6.45, 7) is 16.6. The molecule has 1 saturated carbocycles. The van der Waals surface area contributed by atoms with Gasteiger partial charge in [-0.25, -0.2) is 0 Å².